The number of benzene rings is 2. The molecule has 0 aromatic heterocycles. The van der Waals surface area contributed by atoms with Crippen molar-refractivity contribution in [2.45, 2.75) is 6.42 Å². The molecule has 0 spiro atoms. The highest BCUT2D eigenvalue weighted by Gasteiger charge is 2.36. The Kier molecular flexibility index (Phi) is 4.25. The molecule has 1 saturated heterocycles. The van der Waals surface area contributed by atoms with Crippen LogP contribution in [0, 0.1) is 23.1 Å². The van der Waals surface area contributed by atoms with Crippen molar-refractivity contribution in [2.24, 2.45) is 5.92 Å². The summed E-state index contributed by atoms with van der Waals surface area (Å²) in [5.74, 6) is -1.61. The molecule has 1 atom stereocenters. The van der Waals surface area contributed by atoms with Crippen molar-refractivity contribution in [1.29, 1.82) is 5.26 Å². The van der Waals surface area contributed by atoms with Gasteiger partial charge in [-0.05, 0) is 36.4 Å². The standard InChI is InChI=1S/C18H14FN3O2/c19-15-3-1-2-4-16(15)22-11-13(9-17(22)23)18(24)21-14-7-5-12(10-20)6-8-14/h1-8,13H,9,11H2,(H,21,24)/t13-/m0/s1. The second kappa shape index (κ2) is 6.50. The van der Waals surface area contributed by atoms with Crippen molar-refractivity contribution < 1.29 is 14.0 Å². The Morgan fingerprint density at radius 1 is 1.21 bits per heavy atom. The number of hydrogen-bond acceptors (Lipinski definition) is 3. The van der Waals surface area contributed by atoms with Gasteiger partial charge in [-0.15, -0.1) is 0 Å². The Balaban J connectivity index is 1.70. The fraction of sp³-hybridized carbons (Fsp3) is 0.167. The molecule has 0 aliphatic carbocycles. The van der Waals surface area contributed by atoms with Crippen molar-refractivity contribution in [3.05, 3.63) is 59.9 Å². The molecule has 1 aliphatic heterocycles. The van der Waals surface area contributed by atoms with Crippen LogP contribution in [-0.4, -0.2) is 18.4 Å². The molecule has 1 aliphatic rings. The quantitative estimate of drug-likeness (QED) is 0.944. The summed E-state index contributed by atoms with van der Waals surface area (Å²) in [7, 11) is 0. The Labute approximate surface area is 138 Å². The molecule has 3 rings (SSSR count). The van der Waals surface area contributed by atoms with Crippen molar-refractivity contribution in [3.63, 3.8) is 0 Å². The molecule has 24 heavy (non-hydrogen) atoms. The lowest BCUT2D eigenvalue weighted by molar-refractivity contribution is -0.122. The molecule has 2 aromatic carbocycles. The summed E-state index contributed by atoms with van der Waals surface area (Å²) in [6, 6.07) is 14.5. The molecule has 0 unspecified atom stereocenters. The molecule has 2 amide bonds. The lowest BCUT2D eigenvalue weighted by Crippen LogP contribution is -2.28. The van der Waals surface area contributed by atoms with Gasteiger partial charge in [-0.3, -0.25) is 9.59 Å². The minimum absolute atomic E-state index is 0.0381. The highest BCUT2D eigenvalue weighted by Crippen LogP contribution is 2.28. The fourth-order valence-electron chi connectivity index (χ4n) is 2.66. The van der Waals surface area contributed by atoms with E-state index in [9.17, 15) is 14.0 Å². The van der Waals surface area contributed by atoms with E-state index < -0.39 is 11.7 Å². The normalized spacial score (nSPS) is 16.8. The van der Waals surface area contributed by atoms with E-state index in [-0.39, 0.29) is 30.5 Å². The van der Waals surface area contributed by atoms with Gasteiger partial charge >= 0.3 is 0 Å². The molecule has 5 nitrogen and oxygen atoms in total. The number of halogens is 1. The number of para-hydroxylation sites is 1. The average Bonchev–Trinajstić information content (AvgIpc) is 2.98. The maximum atomic E-state index is 13.8. The van der Waals surface area contributed by atoms with Crippen LogP contribution in [0.5, 0.6) is 0 Å². The highest BCUT2D eigenvalue weighted by atomic mass is 19.1. The SMILES string of the molecule is N#Cc1ccc(NC(=O)[C@H]2CC(=O)N(c3ccccc3F)C2)cc1. The van der Waals surface area contributed by atoms with E-state index in [4.69, 9.17) is 5.26 Å². The third-order valence-electron chi connectivity index (χ3n) is 3.92. The van der Waals surface area contributed by atoms with E-state index in [1.165, 1.54) is 17.0 Å². The van der Waals surface area contributed by atoms with E-state index in [2.05, 4.69) is 5.32 Å². The van der Waals surface area contributed by atoms with E-state index in [0.29, 0.717) is 11.3 Å². The van der Waals surface area contributed by atoms with E-state index in [0.717, 1.165) is 0 Å². The van der Waals surface area contributed by atoms with E-state index >= 15 is 0 Å². The summed E-state index contributed by atoms with van der Waals surface area (Å²) in [6.07, 6.45) is 0.0381. The van der Waals surface area contributed by atoms with Gasteiger partial charge in [0.15, 0.2) is 0 Å². The van der Waals surface area contributed by atoms with Gasteiger partial charge in [0.05, 0.1) is 23.2 Å². The zero-order chi connectivity index (χ0) is 17.1. The first kappa shape index (κ1) is 15.7. The smallest absolute Gasteiger partial charge is 0.229 e. The van der Waals surface area contributed by atoms with Crippen LogP contribution >= 0.6 is 0 Å². The molecule has 0 bridgehead atoms. The first-order chi connectivity index (χ1) is 11.6. The number of carbonyl (C=O) groups is 2. The van der Waals surface area contributed by atoms with Gasteiger partial charge in [-0.1, -0.05) is 12.1 Å². The van der Waals surface area contributed by atoms with Gasteiger partial charge < -0.3 is 10.2 Å². The minimum Gasteiger partial charge on any atom is -0.326 e. The molecule has 2 aromatic rings. The molecule has 1 heterocycles. The van der Waals surface area contributed by atoms with Gasteiger partial charge in [0.1, 0.15) is 5.82 Å². The summed E-state index contributed by atoms with van der Waals surface area (Å²) in [4.78, 5) is 25.8. The number of amides is 2. The monoisotopic (exact) mass is 323 g/mol. The van der Waals surface area contributed by atoms with E-state index in [1.54, 1.807) is 36.4 Å². The maximum Gasteiger partial charge on any atom is 0.229 e. The highest BCUT2D eigenvalue weighted by molar-refractivity contribution is 6.03. The van der Waals surface area contributed by atoms with Crippen LogP contribution in [0.25, 0.3) is 0 Å². The first-order valence-corrected chi connectivity index (χ1v) is 7.44. The summed E-state index contributed by atoms with van der Waals surface area (Å²) in [6.45, 7) is 0.141. The van der Waals surface area contributed by atoms with Gasteiger partial charge in [0.2, 0.25) is 11.8 Å². The third-order valence-corrected chi connectivity index (χ3v) is 3.92. The zero-order valence-electron chi connectivity index (χ0n) is 12.7. The number of nitriles is 1. The first-order valence-electron chi connectivity index (χ1n) is 7.44. The molecule has 0 radical (unpaired) electrons. The summed E-state index contributed by atoms with van der Waals surface area (Å²) in [5.41, 5.74) is 1.24. The van der Waals surface area contributed by atoms with Crippen LogP contribution in [0.15, 0.2) is 48.5 Å². The number of rotatable bonds is 3. The van der Waals surface area contributed by atoms with E-state index in [1.807, 2.05) is 6.07 Å². The van der Waals surface area contributed by atoms with Crippen LogP contribution in [-0.2, 0) is 9.59 Å². The molecule has 0 saturated carbocycles. The van der Waals surface area contributed by atoms with Gasteiger partial charge in [0, 0.05) is 18.7 Å². The number of carbonyl (C=O) groups excluding carboxylic acids is 2. The van der Waals surface area contributed by atoms with Crippen molar-refractivity contribution in [1.82, 2.24) is 0 Å². The van der Waals surface area contributed by atoms with Crippen LogP contribution in [0.3, 0.4) is 0 Å². The Morgan fingerprint density at radius 3 is 2.58 bits per heavy atom. The molecule has 6 heteroatoms. The molecule has 1 N–H and O–H groups in total. The second-order valence-corrected chi connectivity index (χ2v) is 5.54. The Morgan fingerprint density at radius 2 is 1.92 bits per heavy atom. The molecule has 120 valence electrons. The summed E-state index contributed by atoms with van der Waals surface area (Å²) in [5, 5.41) is 11.5. The molecular formula is C18H14FN3O2. The number of nitrogens with one attached hydrogen (secondary N) is 1. The Hall–Kier alpha value is -3.20. The number of anilines is 2. The minimum atomic E-state index is -0.548. The third kappa shape index (κ3) is 3.10. The lowest BCUT2D eigenvalue weighted by Gasteiger charge is -2.17. The van der Waals surface area contributed by atoms with Crippen LogP contribution in [0.1, 0.15) is 12.0 Å². The fourth-order valence-corrected chi connectivity index (χ4v) is 2.66. The maximum absolute atomic E-state index is 13.8. The van der Waals surface area contributed by atoms with Crippen LogP contribution < -0.4 is 10.2 Å². The predicted octanol–water partition coefficient (Wildman–Crippen LogP) is 2.69. The van der Waals surface area contributed by atoms with Gasteiger partial charge in [-0.25, -0.2) is 4.39 Å². The van der Waals surface area contributed by atoms with Crippen molar-refractivity contribution >= 4 is 23.2 Å². The van der Waals surface area contributed by atoms with Gasteiger partial charge in [-0.2, -0.15) is 5.26 Å². The molecule has 1 fully saturated rings. The number of nitrogens with zero attached hydrogens (tertiary/aromatic N) is 2. The average molecular weight is 323 g/mol. The number of hydrogen-bond donors (Lipinski definition) is 1. The van der Waals surface area contributed by atoms with Crippen LogP contribution in [0.4, 0.5) is 15.8 Å². The van der Waals surface area contributed by atoms with Gasteiger partial charge in [0.25, 0.3) is 0 Å². The topological polar surface area (TPSA) is 73.2 Å². The lowest BCUT2D eigenvalue weighted by atomic mass is 10.1. The molecular weight excluding hydrogens is 309 g/mol. The van der Waals surface area contributed by atoms with Crippen LogP contribution in [0.2, 0.25) is 0 Å². The largest absolute Gasteiger partial charge is 0.326 e. The second-order valence-electron chi connectivity index (χ2n) is 5.54. The Bertz CT molecular complexity index is 827. The van der Waals surface area contributed by atoms with Crippen molar-refractivity contribution in [3.8, 4) is 6.07 Å². The zero-order valence-corrected chi connectivity index (χ0v) is 12.7. The van der Waals surface area contributed by atoms with Crippen molar-refractivity contribution in [2.75, 3.05) is 16.8 Å². The summed E-state index contributed by atoms with van der Waals surface area (Å²) < 4.78 is 13.8. The summed E-state index contributed by atoms with van der Waals surface area (Å²) >= 11 is 0. The predicted molar refractivity (Wildman–Crippen MR) is 86.6 cm³/mol.